The van der Waals surface area contributed by atoms with Gasteiger partial charge in [-0.05, 0) is 25.1 Å². The van der Waals surface area contributed by atoms with Crippen molar-refractivity contribution in [3.8, 4) is 11.4 Å². The number of aromatic nitrogens is 5. The number of amides is 1. The minimum atomic E-state index is -1.44. The SMILES string of the molecule is C[C@H](c1cc(F)cnc1F)N(C(=O)O)c1c(-c2ccc(N)c(Cl)n2)nnn1C.Cl. The fourth-order valence-corrected chi connectivity index (χ4v) is 2.83. The van der Waals surface area contributed by atoms with Crippen molar-refractivity contribution in [2.75, 3.05) is 10.6 Å². The zero-order valence-electron chi connectivity index (χ0n) is 15.0. The number of anilines is 2. The van der Waals surface area contributed by atoms with Gasteiger partial charge in [0, 0.05) is 12.6 Å². The molecular formula is C16H15Cl2F2N7O2. The maximum Gasteiger partial charge on any atom is 0.413 e. The third-order valence-corrected chi connectivity index (χ3v) is 4.32. The molecule has 1 atom stereocenters. The highest BCUT2D eigenvalue weighted by Crippen LogP contribution is 2.35. The van der Waals surface area contributed by atoms with Crippen LogP contribution in [0.15, 0.2) is 24.4 Å². The van der Waals surface area contributed by atoms with Gasteiger partial charge in [-0.2, -0.15) is 4.39 Å². The molecule has 3 aromatic rings. The number of halogens is 4. The molecule has 9 nitrogen and oxygen atoms in total. The number of hydrogen-bond acceptors (Lipinski definition) is 6. The Morgan fingerprint density at radius 3 is 2.69 bits per heavy atom. The maximum absolute atomic E-state index is 14.1. The molecule has 0 aromatic carbocycles. The van der Waals surface area contributed by atoms with Gasteiger partial charge in [0.05, 0.1) is 23.6 Å². The number of nitrogen functional groups attached to an aromatic ring is 1. The molecule has 29 heavy (non-hydrogen) atoms. The summed E-state index contributed by atoms with van der Waals surface area (Å²) in [5, 5.41) is 17.6. The van der Waals surface area contributed by atoms with E-state index in [0.29, 0.717) is 6.20 Å². The summed E-state index contributed by atoms with van der Waals surface area (Å²) >= 11 is 5.94. The first-order chi connectivity index (χ1) is 13.2. The minimum absolute atomic E-state index is 0. The van der Waals surface area contributed by atoms with Crippen LogP contribution in [0.5, 0.6) is 0 Å². The van der Waals surface area contributed by atoms with E-state index in [0.717, 1.165) is 11.0 Å². The van der Waals surface area contributed by atoms with Crippen molar-refractivity contribution in [2.24, 2.45) is 7.05 Å². The summed E-state index contributed by atoms with van der Waals surface area (Å²) in [6.07, 6.45) is -0.738. The van der Waals surface area contributed by atoms with Crippen LogP contribution in [0.3, 0.4) is 0 Å². The molecule has 1 amide bonds. The first-order valence-corrected chi connectivity index (χ1v) is 8.23. The quantitative estimate of drug-likeness (QED) is 0.589. The monoisotopic (exact) mass is 445 g/mol. The third-order valence-electron chi connectivity index (χ3n) is 4.02. The second-order valence-corrected chi connectivity index (χ2v) is 6.18. The number of pyridine rings is 2. The predicted octanol–water partition coefficient (Wildman–Crippen LogP) is 3.45. The van der Waals surface area contributed by atoms with Crippen molar-refractivity contribution < 1.29 is 18.7 Å². The fraction of sp³-hybridized carbons (Fsp3) is 0.188. The molecule has 0 spiro atoms. The van der Waals surface area contributed by atoms with Gasteiger partial charge in [0.1, 0.15) is 5.82 Å². The zero-order valence-corrected chi connectivity index (χ0v) is 16.6. The molecule has 3 N–H and O–H groups in total. The normalized spacial score (nSPS) is 11.6. The number of rotatable bonds is 4. The molecule has 0 aliphatic carbocycles. The summed E-state index contributed by atoms with van der Waals surface area (Å²) in [5.74, 6) is -1.81. The molecule has 13 heteroatoms. The number of hydrogen-bond donors (Lipinski definition) is 2. The highest BCUT2D eigenvalue weighted by Gasteiger charge is 2.32. The number of carbonyl (C=O) groups is 1. The summed E-state index contributed by atoms with van der Waals surface area (Å²) in [5.41, 5.74) is 5.91. The van der Waals surface area contributed by atoms with Crippen LogP contribution in [-0.4, -0.2) is 36.2 Å². The largest absolute Gasteiger partial charge is 0.465 e. The first kappa shape index (κ1) is 22.2. The van der Waals surface area contributed by atoms with E-state index in [9.17, 15) is 18.7 Å². The van der Waals surface area contributed by atoms with Crippen molar-refractivity contribution in [1.29, 1.82) is 0 Å². The Kier molecular flexibility index (Phi) is 6.55. The molecular weight excluding hydrogens is 431 g/mol. The van der Waals surface area contributed by atoms with E-state index in [1.165, 1.54) is 30.8 Å². The van der Waals surface area contributed by atoms with Crippen LogP contribution in [0.2, 0.25) is 5.15 Å². The molecule has 0 aliphatic heterocycles. The highest BCUT2D eigenvalue weighted by molar-refractivity contribution is 6.31. The smallest absolute Gasteiger partial charge is 0.413 e. The lowest BCUT2D eigenvalue weighted by molar-refractivity contribution is 0.199. The zero-order chi connectivity index (χ0) is 20.6. The summed E-state index contributed by atoms with van der Waals surface area (Å²) in [6.45, 7) is 1.38. The molecule has 154 valence electrons. The van der Waals surface area contributed by atoms with Crippen molar-refractivity contribution in [3.63, 3.8) is 0 Å². The van der Waals surface area contributed by atoms with Gasteiger partial charge in [-0.1, -0.05) is 16.8 Å². The minimum Gasteiger partial charge on any atom is -0.465 e. The summed E-state index contributed by atoms with van der Waals surface area (Å²) in [6, 6.07) is 2.70. The van der Waals surface area contributed by atoms with Crippen LogP contribution in [0, 0.1) is 11.8 Å². The maximum atomic E-state index is 14.1. The van der Waals surface area contributed by atoms with Gasteiger partial charge in [0.15, 0.2) is 16.7 Å². The van der Waals surface area contributed by atoms with Crippen LogP contribution in [0.1, 0.15) is 18.5 Å². The van der Waals surface area contributed by atoms with Crippen LogP contribution in [-0.2, 0) is 7.05 Å². The van der Waals surface area contributed by atoms with Crippen LogP contribution < -0.4 is 10.6 Å². The molecule has 0 saturated heterocycles. The van der Waals surface area contributed by atoms with Crippen molar-refractivity contribution >= 4 is 41.6 Å². The van der Waals surface area contributed by atoms with Crippen molar-refractivity contribution in [2.45, 2.75) is 13.0 Å². The van der Waals surface area contributed by atoms with E-state index in [2.05, 4.69) is 20.3 Å². The molecule has 3 heterocycles. The Labute approximate surface area is 174 Å². The molecule has 0 aliphatic rings. The highest BCUT2D eigenvalue weighted by atomic mass is 35.5. The van der Waals surface area contributed by atoms with E-state index in [-0.39, 0.29) is 46.0 Å². The van der Waals surface area contributed by atoms with Gasteiger partial charge in [0.2, 0.25) is 5.95 Å². The van der Waals surface area contributed by atoms with Crippen LogP contribution in [0.4, 0.5) is 25.1 Å². The van der Waals surface area contributed by atoms with E-state index in [1.807, 2.05) is 0 Å². The molecule has 0 bridgehead atoms. The third kappa shape index (κ3) is 4.20. The lowest BCUT2D eigenvalue weighted by atomic mass is 10.1. The van der Waals surface area contributed by atoms with Gasteiger partial charge in [-0.15, -0.1) is 17.5 Å². The molecule has 3 aromatic heterocycles. The van der Waals surface area contributed by atoms with E-state index >= 15 is 0 Å². The van der Waals surface area contributed by atoms with E-state index in [4.69, 9.17) is 17.3 Å². The van der Waals surface area contributed by atoms with E-state index < -0.39 is 23.9 Å². The van der Waals surface area contributed by atoms with Crippen molar-refractivity contribution in [1.82, 2.24) is 25.0 Å². The average Bonchev–Trinajstić information content (AvgIpc) is 3.00. The number of carboxylic acid groups (broad SMARTS) is 1. The Morgan fingerprint density at radius 2 is 2.07 bits per heavy atom. The molecule has 0 saturated carbocycles. The Morgan fingerprint density at radius 1 is 1.38 bits per heavy atom. The van der Waals surface area contributed by atoms with Crippen molar-refractivity contribution in [3.05, 3.63) is 46.9 Å². The lowest BCUT2D eigenvalue weighted by Gasteiger charge is -2.26. The Hall–Kier alpha value is -3.05. The van der Waals surface area contributed by atoms with Gasteiger partial charge in [0.25, 0.3) is 0 Å². The Bertz CT molecular complexity index is 1060. The Balaban J connectivity index is 0.00000300. The number of nitrogens with zero attached hydrogens (tertiary/aromatic N) is 6. The molecule has 0 unspecified atom stereocenters. The second kappa shape index (κ2) is 8.53. The van der Waals surface area contributed by atoms with E-state index in [1.54, 1.807) is 0 Å². The molecule has 0 fully saturated rings. The van der Waals surface area contributed by atoms with Crippen LogP contribution >= 0.6 is 24.0 Å². The van der Waals surface area contributed by atoms with Gasteiger partial charge in [-0.3, -0.25) is 4.90 Å². The summed E-state index contributed by atoms with van der Waals surface area (Å²) < 4.78 is 28.9. The topological polar surface area (TPSA) is 123 Å². The summed E-state index contributed by atoms with van der Waals surface area (Å²) in [4.78, 5) is 20.2. The number of aryl methyl sites for hydroxylation is 1. The lowest BCUT2D eigenvalue weighted by Crippen LogP contribution is -2.34. The second-order valence-electron chi connectivity index (χ2n) is 5.82. The van der Waals surface area contributed by atoms with Gasteiger partial charge >= 0.3 is 6.09 Å². The fourth-order valence-electron chi connectivity index (χ4n) is 2.67. The first-order valence-electron chi connectivity index (χ1n) is 7.85. The van der Waals surface area contributed by atoms with Gasteiger partial charge < -0.3 is 10.8 Å². The summed E-state index contributed by atoms with van der Waals surface area (Å²) in [7, 11) is 1.45. The van der Waals surface area contributed by atoms with Crippen LogP contribution in [0.25, 0.3) is 11.4 Å². The molecule has 3 rings (SSSR count). The average molecular weight is 446 g/mol. The predicted molar refractivity (Wildman–Crippen MR) is 104 cm³/mol. The van der Waals surface area contributed by atoms with Gasteiger partial charge in [-0.25, -0.2) is 23.8 Å². The standard InChI is InChI=1S/C16H14ClF2N7O2.ClH/c1-7(9-5-8(18)6-21-14(9)19)26(16(27)28)15-12(23-24-25(15)2)11-4-3-10(20)13(17)22-11;/h3-7H,20H2,1-2H3,(H,27,28);1H/t7-;/m1./s1. The number of nitrogens with two attached hydrogens (primary N) is 1. The molecule has 0 radical (unpaired) electrons.